The maximum absolute atomic E-state index is 9.89. The number of aliphatic hydroxyl groups excluding tert-OH is 2. The lowest BCUT2D eigenvalue weighted by Gasteiger charge is -2.30. The smallest absolute Gasteiger partial charge is 0.223 e. The first kappa shape index (κ1) is 25.2. The Morgan fingerprint density at radius 2 is 1.50 bits per heavy atom. The number of piperidine rings is 1. The fourth-order valence-electron chi connectivity index (χ4n) is 5.36. The highest BCUT2D eigenvalue weighted by Crippen LogP contribution is 2.27. The molecule has 0 amide bonds. The summed E-state index contributed by atoms with van der Waals surface area (Å²) < 4.78 is 0. The SMILES string of the molecule is OC1CCC(Nc2nc(Cc3ccccc3)cc(Cc3nc4ccc(N5CCC(O)CC5)nc4s3)n2)CC1. The van der Waals surface area contributed by atoms with Gasteiger partial charge in [-0.2, -0.15) is 0 Å². The Kier molecular flexibility index (Phi) is 7.49. The van der Waals surface area contributed by atoms with Gasteiger partial charge in [0.1, 0.15) is 21.2 Å². The van der Waals surface area contributed by atoms with Crippen molar-refractivity contribution in [2.45, 2.75) is 69.6 Å². The lowest BCUT2D eigenvalue weighted by molar-refractivity contribution is 0.126. The molecule has 4 heterocycles. The second kappa shape index (κ2) is 11.3. The van der Waals surface area contributed by atoms with Crippen LogP contribution in [0.5, 0.6) is 0 Å². The Balaban J connectivity index is 1.23. The van der Waals surface area contributed by atoms with Crippen LogP contribution < -0.4 is 10.2 Å². The summed E-state index contributed by atoms with van der Waals surface area (Å²) in [4.78, 5) is 22.7. The second-order valence-electron chi connectivity index (χ2n) is 10.5. The number of rotatable bonds is 7. The molecule has 0 radical (unpaired) electrons. The second-order valence-corrected chi connectivity index (χ2v) is 11.5. The standard InChI is InChI=1S/C29H34N6O2S/c36-23-8-6-20(7-9-23)30-29-31-21(16-19-4-2-1-3-5-19)17-22(32-29)18-27-33-25-10-11-26(34-28(25)38-27)35-14-12-24(37)13-15-35/h1-5,10-11,17,20,23-24,36-37H,6-9,12-16,18H2,(H,30,31,32). The highest BCUT2D eigenvalue weighted by Gasteiger charge is 2.21. The molecule has 8 nitrogen and oxygen atoms in total. The number of nitrogens with zero attached hydrogens (tertiary/aromatic N) is 5. The third-order valence-electron chi connectivity index (χ3n) is 7.50. The molecule has 1 saturated carbocycles. The van der Waals surface area contributed by atoms with Crippen LogP contribution in [0.2, 0.25) is 0 Å². The summed E-state index contributed by atoms with van der Waals surface area (Å²) >= 11 is 1.62. The number of hydrogen-bond acceptors (Lipinski definition) is 9. The Morgan fingerprint density at radius 1 is 0.789 bits per heavy atom. The average molecular weight is 531 g/mol. The molecule has 3 aromatic heterocycles. The van der Waals surface area contributed by atoms with Gasteiger partial charge in [-0.25, -0.2) is 19.9 Å². The molecule has 1 aliphatic carbocycles. The van der Waals surface area contributed by atoms with E-state index in [1.807, 2.05) is 18.2 Å². The van der Waals surface area contributed by atoms with E-state index < -0.39 is 0 Å². The zero-order chi connectivity index (χ0) is 25.9. The van der Waals surface area contributed by atoms with Gasteiger partial charge in [0, 0.05) is 32.0 Å². The fourth-order valence-corrected chi connectivity index (χ4v) is 6.31. The van der Waals surface area contributed by atoms with Gasteiger partial charge in [0.25, 0.3) is 0 Å². The van der Waals surface area contributed by atoms with Crippen LogP contribution in [0.25, 0.3) is 10.3 Å². The summed E-state index contributed by atoms with van der Waals surface area (Å²) in [6.07, 6.45) is 6.00. The third kappa shape index (κ3) is 6.11. The van der Waals surface area contributed by atoms with Crippen molar-refractivity contribution in [2.75, 3.05) is 23.3 Å². The molecule has 198 valence electrons. The van der Waals surface area contributed by atoms with Gasteiger partial charge in [-0.1, -0.05) is 41.7 Å². The number of nitrogens with one attached hydrogen (secondary N) is 1. The average Bonchev–Trinajstić information content (AvgIpc) is 3.32. The summed E-state index contributed by atoms with van der Waals surface area (Å²) in [6, 6.07) is 16.8. The zero-order valence-corrected chi connectivity index (χ0v) is 22.3. The third-order valence-corrected chi connectivity index (χ3v) is 8.46. The topological polar surface area (TPSA) is 107 Å². The number of anilines is 2. The largest absolute Gasteiger partial charge is 0.393 e. The van der Waals surface area contributed by atoms with Gasteiger partial charge >= 0.3 is 0 Å². The molecule has 1 aliphatic heterocycles. The van der Waals surface area contributed by atoms with E-state index >= 15 is 0 Å². The van der Waals surface area contributed by atoms with Crippen molar-refractivity contribution < 1.29 is 10.2 Å². The number of pyridine rings is 1. The lowest BCUT2D eigenvalue weighted by atomic mass is 9.93. The summed E-state index contributed by atoms with van der Waals surface area (Å²) in [7, 11) is 0. The zero-order valence-electron chi connectivity index (χ0n) is 21.5. The molecule has 2 fully saturated rings. The summed E-state index contributed by atoms with van der Waals surface area (Å²) in [5.41, 5.74) is 4.04. The number of aliphatic hydroxyl groups is 2. The van der Waals surface area contributed by atoms with Crippen LogP contribution in [-0.2, 0) is 12.8 Å². The van der Waals surface area contributed by atoms with Gasteiger partial charge in [0.2, 0.25) is 5.95 Å². The molecule has 2 aliphatic rings. The predicted molar refractivity (Wildman–Crippen MR) is 151 cm³/mol. The summed E-state index contributed by atoms with van der Waals surface area (Å²) in [6.45, 7) is 1.65. The number of fused-ring (bicyclic) bond motifs is 1. The normalized spacial score (nSPS) is 20.6. The maximum Gasteiger partial charge on any atom is 0.223 e. The van der Waals surface area contributed by atoms with Crippen LogP contribution in [0.15, 0.2) is 48.5 Å². The Morgan fingerprint density at radius 3 is 2.26 bits per heavy atom. The first-order valence-corrected chi connectivity index (χ1v) is 14.4. The summed E-state index contributed by atoms with van der Waals surface area (Å²) in [5, 5.41) is 24.2. The van der Waals surface area contributed by atoms with Crippen molar-refractivity contribution in [3.05, 3.63) is 70.5 Å². The number of benzene rings is 1. The van der Waals surface area contributed by atoms with Crippen molar-refractivity contribution in [3.8, 4) is 0 Å². The predicted octanol–water partition coefficient (Wildman–Crippen LogP) is 4.34. The van der Waals surface area contributed by atoms with E-state index in [1.54, 1.807) is 11.3 Å². The number of hydrogen-bond donors (Lipinski definition) is 3. The Labute approximate surface area is 226 Å². The van der Waals surface area contributed by atoms with Crippen molar-refractivity contribution in [1.82, 2.24) is 19.9 Å². The molecular formula is C29H34N6O2S. The van der Waals surface area contributed by atoms with E-state index in [1.165, 1.54) is 5.56 Å². The van der Waals surface area contributed by atoms with Crippen LogP contribution in [0.3, 0.4) is 0 Å². The molecule has 0 atom stereocenters. The highest BCUT2D eigenvalue weighted by atomic mass is 32.1. The van der Waals surface area contributed by atoms with E-state index in [0.717, 1.165) is 90.6 Å². The molecule has 1 aromatic carbocycles. The Bertz CT molecular complexity index is 1360. The van der Waals surface area contributed by atoms with Gasteiger partial charge in [0.15, 0.2) is 0 Å². The van der Waals surface area contributed by atoms with Gasteiger partial charge in [-0.15, -0.1) is 0 Å². The van der Waals surface area contributed by atoms with Gasteiger partial charge in [-0.05, 0) is 62.3 Å². The molecular weight excluding hydrogens is 496 g/mol. The van der Waals surface area contributed by atoms with Crippen LogP contribution in [-0.4, -0.2) is 61.5 Å². The van der Waals surface area contributed by atoms with Crippen molar-refractivity contribution >= 4 is 33.5 Å². The molecule has 6 rings (SSSR count). The fraction of sp³-hybridized carbons (Fsp3) is 0.448. The van der Waals surface area contributed by atoms with Crippen molar-refractivity contribution in [1.29, 1.82) is 0 Å². The molecule has 38 heavy (non-hydrogen) atoms. The first-order valence-electron chi connectivity index (χ1n) is 13.6. The van der Waals surface area contributed by atoms with E-state index in [0.29, 0.717) is 12.4 Å². The minimum absolute atomic E-state index is 0.191. The minimum Gasteiger partial charge on any atom is -0.393 e. The summed E-state index contributed by atoms with van der Waals surface area (Å²) in [5.74, 6) is 1.61. The van der Waals surface area contributed by atoms with E-state index in [-0.39, 0.29) is 18.2 Å². The number of thiazole rings is 1. The van der Waals surface area contributed by atoms with E-state index in [4.69, 9.17) is 19.9 Å². The van der Waals surface area contributed by atoms with Crippen LogP contribution in [0, 0.1) is 0 Å². The minimum atomic E-state index is -0.200. The molecule has 3 N–H and O–H groups in total. The van der Waals surface area contributed by atoms with Gasteiger partial charge in [-0.3, -0.25) is 0 Å². The molecule has 1 saturated heterocycles. The number of aromatic nitrogens is 4. The van der Waals surface area contributed by atoms with Crippen molar-refractivity contribution in [3.63, 3.8) is 0 Å². The molecule has 0 spiro atoms. The van der Waals surface area contributed by atoms with Crippen LogP contribution in [0.4, 0.5) is 11.8 Å². The van der Waals surface area contributed by atoms with E-state index in [9.17, 15) is 10.2 Å². The van der Waals surface area contributed by atoms with Crippen LogP contribution in [0.1, 0.15) is 60.5 Å². The quantitative estimate of drug-likeness (QED) is 0.324. The Hall–Kier alpha value is -3.14. The van der Waals surface area contributed by atoms with Gasteiger partial charge < -0.3 is 20.4 Å². The molecule has 4 aromatic rings. The van der Waals surface area contributed by atoms with E-state index in [2.05, 4.69) is 40.5 Å². The monoisotopic (exact) mass is 530 g/mol. The lowest BCUT2D eigenvalue weighted by Crippen LogP contribution is -2.36. The molecule has 9 heteroatoms. The first-order chi connectivity index (χ1) is 18.6. The van der Waals surface area contributed by atoms with Gasteiger partial charge in [0.05, 0.1) is 23.6 Å². The maximum atomic E-state index is 9.89. The van der Waals surface area contributed by atoms with Crippen molar-refractivity contribution in [2.24, 2.45) is 0 Å². The van der Waals surface area contributed by atoms with Crippen LogP contribution >= 0.6 is 11.3 Å². The highest BCUT2D eigenvalue weighted by molar-refractivity contribution is 7.18. The molecule has 0 bridgehead atoms. The molecule has 0 unspecified atom stereocenters.